The average molecular weight is 302 g/mol. The minimum atomic E-state index is 0.201. The Morgan fingerprint density at radius 1 is 1.27 bits per heavy atom. The van der Waals surface area contributed by atoms with Gasteiger partial charge in [-0.25, -0.2) is 0 Å². The molecule has 0 amide bonds. The van der Waals surface area contributed by atoms with Crippen LogP contribution in [0.15, 0.2) is 23.0 Å². The zero-order valence-corrected chi connectivity index (χ0v) is 14.5. The van der Waals surface area contributed by atoms with Crippen LogP contribution < -0.4 is 0 Å². The summed E-state index contributed by atoms with van der Waals surface area (Å²) in [6.45, 7) is 9.49. The summed E-state index contributed by atoms with van der Waals surface area (Å²) in [5.41, 5.74) is 1.84. The van der Waals surface area contributed by atoms with E-state index in [1.165, 1.54) is 24.8 Å². The van der Waals surface area contributed by atoms with E-state index in [1.807, 2.05) is 6.26 Å². The third-order valence-corrected chi connectivity index (χ3v) is 7.52. The predicted molar refractivity (Wildman–Crippen MR) is 88.5 cm³/mol. The van der Waals surface area contributed by atoms with Gasteiger partial charge in [-0.1, -0.05) is 27.7 Å². The van der Waals surface area contributed by atoms with Crippen molar-refractivity contribution in [1.29, 1.82) is 0 Å². The van der Waals surface area contributed by atoms with Crippen molar-refractivity contribution in [3.05, 3.63) is 24.2 Å². The van der Waals surface area contributed by atoms with Crippen molar-refractivity contribution in [1.82, 2.24) is 0 Å². The summed E-state index contributed by atoms with van der Waals surface area (Å²) in [5, 5.41) is 0. The highest BCUT2D eigenvalue weighted by Gasteiger charge is 2.56. The molecule has 1 aromatic heterocycles. The summed E-state index contributed by atoms with van der Waals surface area (Å²) in [4.78, 5) is 12.3. The Hall–Kier alpha value is -1.05. The zero-order chi connectivity index (χ0) is 16.0. The van der Waals surface area contributed by atoms with Gasteiger partial charge in [0, 0.05) is 12.3 Å². The number of fused-ring (bicyclic) bond motifs is 1. The molecule has 122 valence electrons. The van der Waals surface area contributed by atoms with E-state index in [0.717, 1.165) is 25.2 Å². The molecule has 5 atom stereocenters. The van der Waals surface area contributed by atoms with Gasteiger partial charge >= 0.3 is 0 Å². The topological polar surface area (TPSA) is 30.2 Å². The molecule has 0 spiro atoms. The number of Topliss-reactive ketones (excluding diaryl/α,β-unsaturated/α-hetero) is 1. The summed E-state index contributed by atoms with van der Waals surface area (Å²) >= 11 is 0. The second kappa shape index (κ2) is 5.54. The quantitative estimate of drug-likeness (QED) is 0.761. The molecule has 0 N–H and O–H groups in total. The molecule has 3 rings (SSSR count). The number of aryl methyl sites for hydroxylation is 1. The molecule has 0 aliphatic heterocycles. The standard InChI is InChI=1S/C20H30O2/c1-14-7-10-20(4)15(2)17(21)5-6-18(20)19(14,3)11-8-16-9-12-22-13-16/h9,12-15,18H,5-8,10-11H2,1-4H3/t14-,15-,18-,19+,20+/m1/s1. The summed E-state index contributed by atoms with van der Waals surface area (Å²) in [5.74, 6) is 2.12. The van der Waals surface area contributed by atoms with Crippen molar-refractivity contribution in [3.8, 4) is 0 Å². The lowest BCUT2D eigenvalue weighted by molar-refractivity contribution is -0.148. The number of hydrogen-bond acceptors (Lipinski definition) is 2. The lowest BCUT2D eigenvalue weighted by Crippen LogP contribution is -2.54. The maximum absolute atomic E-state index is 12.3. The first-order valence-corrected chi connectivity index (χ1v) is 8.91. The number of furan rings is 1. The fourth-order valence-electron chi connectivity index (χ4n) is 5.45. The van der Waals surface area contributed by atoms with Crippen molar-refractivity contribution < 1.29 is 9.21 Å². The molecule has 22 heavy (non-hydrogen) atoms. The molecular formula is C20H30O2. The molecule has 1 heterocycles. The van der Waals surface area contributed by atoms with E-state index in [2.05, 4.69) is 33.8 Å². The van der Waals surface area contributed by atoms with E-state index >= 15 is 0 Å². The van der Waals surface area contributed by atoms with Crippen LogP contribution in [0.2, 0.25) is 0 Å². The Morgan fingerprint density at radius 2 is 2.05 bits per heavy atom. The van der Waals surface area contributed by atoms with Crippen LogP contribution in [0.25, 0.3) is 0 Å². The molecule has 0 aromatic carbocycles. The van der Waals surface area contributed by atoms with Crippen LogP contribution in [0.4, 0.5) is 0 Å². The van der Waals surface area contributed by atoms with Gasteiger partial charge < -0.3 is 4.42 Å². The monoisotopic (exact) mass is 302 g/mol. The maximum atomic E-state index is 12.3. The molecule has 0 bridgehead atoms. The molecule has 1 aromatic rings. The van der Waals surface area contributed by atoms with Gasteiger partial charge in [0.1, 0.15) is 5.78 Å². The van der Waals surface area contributed by atoms with Gasteiger partial charge in [-0.2, -0.15) is 0 Å². The Bertz CT molecular complexity index is 532. The number of rotatable bonds is 3. The minimum Gasteiger partial charge on any atom is -0.472 e. The fourth-order valence-corrected chi connectivity index (χ4v) is 5.45. The lowest BCUT2D eigenvalue weighted by atomic mass is 9.44. The zero-order valence-electron chi connectivity index (χ0n) is 14.5. The van der Waals surface area contributed by atoms with E-state index in [1.54, 1.807) is 6.26 Å². The molecule has 2 aliphatic rings. The largest absolute Gasteiger partial charge is 0.472 e. The van der Waals surface area contributed by atoms with Gasteiger partial charge in [0.2, 0.25) is 0 Å². The smallest absolute Gasteiger partial charge is 0.136 e. The Labute approximate surface area is 134 Å². The third kappa shape index (κ3) is 2.35. The van der Waals surface area contributed by atoms with E-state index in [9.17, 15) is 4.79 Å². The van der Waals surface area contributed by atoms with E-state index < -0.39 is 0 Å². The Kier molecular flexibility index (Phi) is 3.99. The van der Waals surface area contributed by atoms with Crippen molar-refractivity contribution in [2.45, 2.75) is 66.2 Å². The summed E-state index contributed by atoms with van der Waals surface area (Å²) < 4.78 is 5.23. The second-order valence-corrected chi connectivity index (χ2v) is 8.36. The van der Waals surface area contributed by atoms with Crippen LogP contribution in [0.5, 0.6) is 0 Å². The van der Waals surface area contributed by atoms with Crippen LogP contribution in [-0.2, 0) is 11.2 Å². The van der Waals surface area contributed by atoms with Crippen LogP contribution in [0.3, 0.4) is 0 Å². The lowest BCUT2D eigenvalue weighted by Gasteiger charge is -2.59. The van der Waals surface area contributed by atoms with Crippen molar-refractivity contribution in [2.24, 2.45) is 28.6 Å². The third-order valence-electron chi connectivity index (χ3n) is 7.52. The van der Waals surface area contributed by atoms with E-state index in [4.69, 9.17) is 4.42 Å². The SMILES string of the molecule is C[C@@H]1CC[C@]2(C)[C@H](CCC(=O)[C@H]2C)[C@@]1(C)CCc1ccoc1. The van der Waals surface area contributed by atoms with Gasteiger partial charge in [0.15, 0.2) is 0 Å². The summed E-state index contributed by atoms with van der Waals surface area (Å²) in [6.07, 6.45) is 10.3. The van der Waals surface area contributed by atoms with Crippen molar-refractivity contribution in [3.63, 3.8) is 0 Å². The second-order valence-electron chi connectivity index (χ2n) is 8.36. The predicted octanol–water partition coefficient (Wildman–Crippen LogP) is 5.27. The molecule has 2 saturated carbocycles. The highest BCUT2D eigenvalue weighted by molar-refractivity contribution is 5.82. The van der Waals surface area contributed by atoms with Crippen LogP contribution in [0, 0.1) is 28.6 Å². The molecule has 2 heteroatoms. The summed E-state index contributed by atoms with van der Waals surface area (Å²) in [6, 6.07) is 2.09. The highest BCUT2D eigenvalue weighted by Crippen LogP contribution is 2.62. The number of carbonyl (C=O) groups is 1. The molecule has 2 nitrogen and oxygen atoms in total. The maximum Gasteiger partial charge on any atom is 0.136 e. The van der Waals surface area contributed by atoms with E-state index in [-0.39, 0.29) is 11.3 Å². The first-order valence-electron chi connectivity index (χ1n) is 8.91. The first-order chi connectivity index (χ1) is 10.4. The molecule has 0 saturated heterocycles. The number of ketones is 1. The Morgan fingerprint density at radius 3 is 2.73 bits per heavy atom. The average Bonchev–Trinajstić information content (AvgIpc) is 3.00. The van der Waals surface area contributed by atoms with E-state index in [0.29, 0.717) is 17.1 Å². The number of hydrogen-bond donors (Lipinski definition) is 0. The summed E-state index contributed by atoms with van der Waals surface area (Å²) in [7, 11) is 0. The van der Waals surface area contributed by atoms with Crippen molar-refractivity contribution >= 4 is 5.78 Å². The van der Waals surface area contributed by atoms with Crippen LogP contribution in [-0.4, -0.2) is 5.78 Å². The molecule has 2 fully saturated rings. The van der Waals surface area contributed by atoms with Gasteiger partial charge in [0.25, 0.3) is 0 Å². The minimum absolute atomic E-state index is 0.201. The van der Waals surface area contributed by atoms with Crippen LogP contribution in [0.1, 0.15) is 65.4 Å². The molecular weight excluding hydrogens is 272 g/mol. The van der Waals surface area contributed by atoms with Gasteiger partial charge in [-0.15, -0.1) is 0 Å². The van der Waals surface area contributed by atoms with Gasteiger partial charge in [-0.3, -0.25) is 4.79 Å². The normalized spacial score (nSPS) is 42.2. The fraction of sp³-hybridized carbons (Fsp3) is 0.750. The van der Waals surface area contributed by atoms with Crippen LogP contribution >= 0.6 is 0 Å². The van der Waals surface area contributed by atoms with Crippen molar-refractivity contribution in [2.75, 3.05) is 0 Å². The number of carbonyl (C=O) groups excluding carboxylic acids is 1. The molecule has 0 unspecified atom stereocenters. The van der Waals surface area contributed by atoms with Gasteiger partial charge in [0.05, 0.1) is 12.5 Å². The molecule has 0 radical (unpaired) electrons. The molecule has 2 aliphatic carbocycles. The first kappa shape index (κ1) is 15.8. The highest BCUT2D eigenvalue weighted by atomic mass is 16.3. The van der Waals surface area contributed by atoms with Gasteiger partial charge in [-0.05, 0) is 66.4 Å². The Balaban J connectivity index is 1.85.